The largest absolute Gasteiger partial charge is 0.390 e. The fourth-order valence-corrected chi connectivity index (χ4v) is 2.95. The molecule has 0 spiro atoms. The SMILES string of the molecule is Cc1ccc([C@@H]2CC(C)(O)CCC2(C)C)cc1. The average Bonchev–Trinajstić information content (AvgIpc) is 2.24. The topological polar surface area (TPSA) is 20.2 Å². The monoisotopic (exact) mass is 232 g/mol. The van der Waals surface area contributed by atoms with Crippen LogP contribution in [0.2, 0.25) is 0 Å². The number of aliphatic hydroxyl groups is 1. The van der Waals surface area contributed by atoms with E-state index in [0.29, 0.717) is 5.92 Å². The molecule has 1 heteroatoms. The minimum absolute atomic E-state index is 0.289. The van der Waals surface area contributed by atoms with Gasteiger partial charge in [0.05, 0.1) is 5.60 Å². The fourth-order valence-electron chi connectivity index (χ4n) is 2.95. The summed E-state index contributed by atoms with van der Waals surface area (Å²) in [4.78, 5) is 0. The Bertz CT molecular complexity index is 386. The fraction of sp³-hybridized carbons (Fsp3) is 0.625. The van der Waals surface area contributed by atoms with Crippen molar-refractivity contribution in [2.75, 3.05) is 0 Å². The summed E-state index contributed by atoms with van der Waals surface area (Å²) >= 11 is 0. The van der Waals surface area contributed by atoms with E-state index in [0.717, 1.165) is 19.3 Å². The highest BCUT2D eigenvalue weighted by Crippen LogP contribution is 2.49. The molecule has 0 aliphatic heterocycles. The average molecular weight is 232 g/mol. The minimum atomic E-state index is -0.495. The highest BCUT2D eigenvalue weighted by molar-refractivity contribution is 5.27. The zero-order valence-electron chi connectivity index (χ0n) is 11.5. The quantitative estimate of drug-likeness (QED) is 0.774. The Kier molecular flexibility index (Phi) is 3.07. The predicted molar refractivity (Wildman–Crippen MR) is 72.2 cm³/mol. The van der Waals surface area contributed by atoms with E-state index in [1.54, 1.807) is 0 Å². The first-order valence-electron chi connectivity index (χ1n) is 6.59. The molecule has 1 N–H and O–H groups in total. The summed E-state index contributed by atoms with van der Waals surface area (Å²) in [6.07, 6.45) is 2.89. The summed E-state index contributed by atoms with van der Waals surface area (Å²) in [7, 11) is 0. The Morgan fingerprint density at radius 1 is 1.06 bits per heavy atom. The van der Waals surface area contributed by atoms with Gasteiger partial charge in [-0.1, -0.05) is 43.7 Å². The molecule has 1 unspecified atom stereocenters. The Hall–Kier alpha value is -0.820. The van der Waals surface area contributed by atoms with Gasteiger partial charge in [0.15, 0.2) is 0 Å². The van der Waals surface area contributed by atoms with Gasteiger partial charge in [-0.3, -0.25) is 0 Å². The second-order valence-corrected chi connectivity index (χ2v) is 6.65. The van der Waals surface area contributed by atoms with Gasteiger partial charge in [-0.25, -0.2) is 0 Å². The van der Waals surface area contributed by atoms with E-state index >= 15 is 0 Å². The van der Waals surface area contributed by atoms with Crippen LogP contribution in [0, 0.1) is 12.3 Å². The molecule has 1 saturated carbocycles. The zero-order chi connectivity index (χ0) is 12.7. The van der Waals surface area contributed by atoms with Gasteiger partial charge in [0, 0.05) is 0 Å². The van der Waals surface area contributed by atoms with Crippen molar-refractivity contribution < 1.29 is 5.11 Å². The third-order valence-corrected chi connectivity index (χ3v) is 4.37. The van der Waals surface area contributed by atoms with Crippen molar-refractivity contribution in [3.8, 4) is 0 Å². The predicted octanol–water partition coefficient (Wildman–Crippen LogP) is 4.04. The van der Waals surface area contributed by atoms with Gasteiger partial charge in [-0.2, -0.15) is 0 Å². The number of hydrogen-bond donors (Lipinski definition) is 1. The van der Waals surface area contributed by atoms with Crippen LogP contribution >= 0.6 is 0 Å². The molecule has 1 aliphatic carbocycles. The lowest BCUT2D eigenvalue weighted by atomic mass is 9.62. The lowest BCUT2D eigenvalue weighted by Gasteiger charge is -2.45. The minimum Gasteiger partial charge on any atom is -0.390 e. The number of benzene rings is 1. The number of rotatable bonds is 1. The Labute approximate surface area is 105 Å². The van der Waals surface area contributed by atoms with E-state index in [4.69, 9.17) is 0 Å². The first kappa shape index (κ1) is 12.6. The molecule has 1 nitrogen and oxygen atoms in total. The molecule has 1 aromatic carbocycles. The summed E-state index contributed by atoms with van der Waals surface area (Å²) in [6, 6.07) is 8.80. The van der Waals surface area contributed by atoms with Crippen LogP contribution in [0.3, 0.4) is 0 Å². The zero-order valence-corrected chi connectivity index (χ0v) is 11.5. The molecule has 1 aliphatic rings. The maximum absolute atomic E-state index is 10.3. The standard InChI is InChI=1S/C16H24O/c1-12-5-7-13(8-6-12)14-11-16(4,17)10-9-15(14,2)3/h5-8,14,17H,9-11H2,1-4H3/t14-,16?/m0/s1. The second-order valence-electron chi connectivity index (χ2n) is 6.65. The van der Waals surface area contributed by atoms with E-state index in [1.807, 2.05) is 6.92 Å². The van der Waals surface area contributed by atoms with E-state index in [-0.39, 0.29) is 5.41 Å². The van der Waals surface area contributed by atoms with Gasteiger partial charge in [-0.15, -0.1) is 0 Å². The van der Waals surface area contributed by atoms with Crippen LogP contribution in [0.25, 0.3) is 0 Å². The van der Waals surface area contributed by atoms with Crippen molar-refractivity contribution in [3.05, 3.63) is 35.4 Å². The molecule has 0 radical (unpaired) electrons. The van der Waals surface area contributed by atoms with Gasteiger partial charge in [0.2, 0.25) is 0 Å². The summed E-state index contributed by atoms with van der Waals surface area (Å²) in [6.45, 7) is 8.74. The van der Waals surface area contributed by atoms with Crippen LogP contribution in [0.15, 0.2) is 24.3 Å². The molecule has 1 aromatic rings. The van der Waals surface area contributed by atoms with Crippen molar-refractivity contribution >= 4 is 0 Å². The highest BCUT2D eigenvalue weighted by atomic mass is 16.3. The summed E-state index contributed by atoms with van der Waals surface area (Å²) < 4.78 is 0. The molecule has 0 amide bonds. The molecule has 2 atom stereocenters. The molecule has 0 heterocycles. The van der Waals surface area contributed by atoms with E-state index in [1.165, 1.54) is 11.1 Å². The molecular weight excluding hydrogens is 208 g/mol. The summed E-state index contributed by atoms with van der Waals surface area (Å²) in [5.74, 6) is 0.465. The van der Waals surface area contributed by atoms with Crippen molar-refractivity contribution in [1.82, 2.24) is 0 Å². The molecule has 0 saturated heterocycles. The van der Waals surface area contributed by atoms with Crippen LogP contribution in [-0.2, 0) is 0 Å². The van der Waals surface area contributed by atoms with Crippen LogP contribution in [0.5, 0.6) is 0 Å². The Balaban J connectivity index is 2.30. The van der Waals surface area contributed by atoms with Gasteiger partial charge in [0.1, 0.15) is 0 Å². The second kappa shape index (κ2) is 4.13. The van der Waals surface area contributed by atoms with E-state index < -0.39 is 5.60 Å². The summed E-state index contributed by atoms with van der Waals surface area (Å²) in [5.41, 5.74) is 2.47. The lowest BCUT2D eigenvalue weighted by molar-refractivity contribution is -0.0233. The van der Waals surface area contributed by atoms with Crippen molar-refractivity contribution in [3.63, 3.8) is 0 Å². The first-order valence-corrected chi connectivity index (χ1v) is 6.59. The number of hydrogen-bond acceptors (Lipinski definition) is 1. The highest BCUT2D eigenvalue weighted by Gasteiger charge is 2.41. The first-order chi connectivity index (χ1) is 7.80. The third-order valence-electron chi connectivity index (χ3n) is 4.37. The van der Waals surface area contributed by atoms with Crippen molar-refractivity contribution in [1.29, 1.82) is 0 Å². The third kappa shape index (κ3) is 2.71. The molecule has 0 bridgehead atoms. The van der Waals surface area contributed by atoms with Gasteiger partial charge in [-0.05, 0) is 50.0 Å². The molecule has 17 heavy (non-hydrogen) atoms. The van der Waals surface area contributed by atoms with Gasteiger partial charge in [0.25, 0.3) is 0 Å². The number of aryl methyl sites for hydroxylation is 1. The Morgan fingerprint density at radius 3 is 2.24 bits per heavy atom. The van der Waals surface area contributed by atoms with Gasteiger partial charge >= 0.3 is 0 Å². The molecular formula is C16H24O. The van der Waals surface area contributed by atoms with Crippen molar-refractivity contribution in [2.24, 2.45) is 5.41 Å². The van der Waals surface area contributed by atoms with Crippen molar-refractivity contribution in [2.45, 2.75) is 58.5 Å². The van der Waals surface area contributed by atoms with Gasteiger partial charge < -0.3 is 5.11 Å². The Morgan fingerprint density at radius 2 is 1.65 bits per heavy atom. The lowest BCUT2D eigenvalue weighted by Crippen LogP contribution is -2.39. The van der Waals surface area contributed by atoms with E-state index in [9.17, 15) is 5.11 Å². The summed E-state index contributed by atoms with van der Waals surface area (Å²) in [5, 5.41) is 10.3. The van der Waals surface area contributed by atoms with Crippen LogP contribution < -0.4 is 0 Å². The maximum Gasteiger partial charge on any atom is 0.0626 e. The molecule has 1 fully saturated rings. The smallest absolute Gasteiger partial charge is 0.0626 e. The van der Waals surface area contributed by atoms with Crippen LogP contribution in [-0.4, -0.2) is 10.7 Å². The van der Waals surface area contributed by atoms with Crippen LogP contribution in [0.1, 0.15) is 57.1 Å². The van der Waals surface area contributed by atoms with Crippen LogP contribution in [0.4, 0.5) is 0 Å². The molecule has 0 aromatic heterocycles. The normalized spacial score (nSPS) is 32.4. The maximum atomic E-state index is 10.3. The van der Waals surface area contributed by atoms with E-state index in [2.05, 4.69) is 45.0 Å². The molecule has 2 rings (SSSR count). The molecule has 94 valence electrons.